The van der Waals surface area contributed by atoms with Crippen molar-refractivity contribution in [1.29, 1.82) is 0 Å². The van der Waals surface area contributed by atoms with Gasteiger partial charge in [0.15, 0.2) is 0 Å². The Morgan fingerprint density at radius 2 is 2.05 bits per heavy atom. The van der Waals surface area contributed by atoms with E-state index in [1.165, 1.54) is 58.0 Å². The van der Waals surface area contributed by atoms with E-state index in [1.807, 2.05) is 7.11 Å². The van der Waals surface area contributed by atoms with Crippen molar-refractivity contribution in [2.75, 3.05) is 20.2 Å². The van der Waals surface area contributed by atoms with Gasteiger partial charge in [-0.15, -0.1) is 0 Å². The van der Waals surface area contributed by atoms with Crippen molar-refractivity contribution < 1.29 is 4.74 Å². The van der Waals surface area contributed by atoms with Crippen LogP contribution in [0.3, 0.4) is 0 Å². The van der Waals surface area contributed by atoms with Gasteiger partial charge in [0.05, 0.1) is 6.10 Å². The summed E-state index contributed by atoms with van der Waals surface area (Å²) in [6, 6.07) is 2.29. The van der Waals surface area contributed by atoms with Gasteiger partial charge in [-0.25, -0.2) is 0 Å². The first-order chi connectivity index (χ1) is 9.31. The van der Waals surface area contributed by atoms with Crippen LogP contribution in [0.25, 0.3) is 0 Å². The Balaban J connectivity index is 1.64. The lowest BCUT2D eigenvalue weighted by Crippen LogP contribution is -2.60. The highest BCUT2D eigenvalue weighted by atomic mass is 16.5. The lowest BCUT2D eigenvalue weighted by molar-refractivity contribution is -0.00240. The summed E-state index contributed by atoms with van der Waals surface area (Å²) in [7, 11) is 1.88. The van der Waals surface area contributed by atoms with Crippen molar-refractivity contribution in [3.05, 3.63) is 0 Å². The fourth-order valence-electron chi connectivity index (χ4n) is 4.12. The van der Waals surface area contributed by atoms with Crippen LogP contribution in [-0.2, 0) is 4.74 Å². The van der Waals surface area contributed by atoms with Gasteiger partial charge in [-0.05, 0) is 50.9 Å². The monoisotopic (exact) mass is 266 g/mol. The molecule has 3 nitrogen and oxygen atoms in total. The van der Waals surface area contributed by atoms with E-state index in [2.05, 4.69) is 17.1 Å². The minimum absolute atomic E-state index is 0.505. The minimum atomic E-state index is 0.505. The molecule has 110 valence electrons. The van der Waals surface area contributed by atoms with Crippen LogP contribution < -0.4 is 5.32 Å². The van der Waals surface area contributed by atoms with Gasteiger partial charge in [0.2, 0.25) is 0 Å². The van der Waals surface area contributed by atoms with E-state index in [9.17, 15) is 0 Å². The first kappa shape index (κ1) is 13.8. The number of hydrogen-bond donors (Lipinski definition) is 1. The van der Waals surface area contributed by atoms with Crippen molar-refractivity contribution >= 4 is 0 Å². The molecule has 3 rings (SSSR count). The van der Waals surface area contributed by atoms with Crippen molar-refractivity contribution in [3.63, 3.8) is 0 Å². The van der Waals surface area contributed by atoms with E-state index in [0.29, 0.717) is 6.10 Å². The van der Waals surface area contributed by atoms with Gasteiger partial charge < -0.3 is 10.1 Å². The number of rotatable bonds is 4. The van der Waals surface area contributed by atoms with Gasteiger partial charge in [0, 0.05) is 38.3 Å². The Labute approximate surface area is 118 Å². The lowest BCUT2D eigenvalue weighted by Gasteiger charge is -2.47. The third kappa shape index (κ3) is 3.14. The van der Waals surface area contributed by atoms with Crippen molar-refractivity contribution in [2.45, 2.75) is 76.1 Å². The Hall–Kier alpha value is -0.120. The maximum absolute atomic E-state index is 5.63. The van der Waals surface area contributed by atoms with E-state index in [1.54, 1.807) is 0 Å². The Morgan fingerprint density at radius 1 is 1.21 bits per heavy atom. The van der Waals surface area contributed by atoms with Crippen LogP contribution in [0.4, 0.5) is 0 Å². The summed E-state index contributed by atoms with van der Waals surface area (Å²) in [5, 5.41) is 3.80. The summed E-state index contributed by atoms with van der Waals surface area (Å²) in [5.74, 6) is 0.974. The second-order valence-electron chi connectivity index (χ2n) is 6.79. The van der Waals surface area contributed by atoms with Gasteiger partial charge in [0.1, 0.15) is 0 Å². The van der Waals surface area contributed by atoms with Gasteiger partial charge in [-0.3, -0.25) is 4.90 Å². The largest absolute Gasteiger partial charge is 0.381 e. The maximum Gasteiger partial charge on any atom is 0.0586 e. The molecule has 4 unspecified atom stereocenters. The average Bonchev–Trinajstić information content (AvgIpc) is 3.31. The highest BCUT2D eigenvalue weighted by Gasteiger charge is 2.39. The summed E-state index contributed by atoms with van der Waals surface area (Å²) >= 11 is 0. The molecule has 0 aromatic rings. The molecule has 0 radical (unpaired) electrons. The Bertz CT molecular complexity index is 292. The second kappa shape index (κ2) is 6.11. The predicted octanol–water partition coefficient (Wildman–Crippen LogP) is 2.41. The summed E-state index contributed by atoms with van der Waals surface area (Å²) in [4.78, 5) is 2.84. The van der Waals surface area contributed by atoms with Crippen LogP contribution in [0.5, 0.6) is 0 Å². The smallest absolute Gasteiger partial charge is 0.0586 e. The number of hydrogen-bond acceptors (Lipinski definition) is 3. The van der Waals surface area contributed by atoms with E-state index < -0.39 is 0 Å². The molecule has 1 saturated heterocycles. The van der Waals surface area contributed by atoms with Crippen molar-refractivity contribution in [2.24, 2.45) is 5.92 Å². The van der Waals surface area contributed by atoms with Gasteiger partial charge in [-0.2, -0.15) is 0 Å². The zero-order valence-corrected chi connectivity index (χ0v) is 12.6. The van der Waals surface area contributed by atoms with Crippen LogP contribution in [0.1, 0.15) is 51.9 Å². The van der Waals surface area contributed by atoms with Gasteiger partial charge in [-0.1, -0.05) is 6.92 Å². The van der Waals surface area contributed by atoms with E-state index in [4.69, 9.17) is 4.74 Å². The van der Waals surface area contributed by atoms with Crippen LogP contribution in [-0.4, -0.2) is 49.3 Å². The molecular weight excluding hydrogens is 236 g/mol. The second-order valence-corrected chi connectivity index (χ2v) is 6.79. The molecule has 1 N–H and O–H groups in total. The zero-order chi connectivity index (χ0) is 13.2. The average molecular weight is 266 g/mol. The number of ether oxygens (including phenoxy) is 1. The normalized spacial score (nSPS) is 41.4. The van der Waals surface area contributed by atoms with Crippen molar-refractivity contribution in [1.82, 2.24) is 10.2 Å². The van der Waals surface area contributed by atoms with E-state index >= 15 is 0 Å². The van der Waals surface area contributed by atoms with E-state index in [0.717, 1.165) is 24.0 Å². The Morgan fingerprint density at radius 3 is 2.74 bits per heavy atom. The van der Waals surface area contributed by atoms with Gasteiger partial charge >= 0.3 is 0 Å². The highest BCUT2D eigenvalue weighted by molar-refractivity contribution is 4.97. The predicted molar refractivity (Wildman–Crippen MR) is 78.4 cm³/mol. The summed E-state index contributed by atoms with van der Waals surface area (Å²) in [6.07, 6.45) is 9.93. The molecule has 0 bridgehead atoms. The molecule has 2 aliphatic carbocycles. The van der Waals surface area contributed by atoms with Crippen LogP contribution in [0.15, 0.2) is 0 Å². The molecular formula is C16H30N2O. The lowest BCUT2D eigenvalue weighted by atomic mass is 9.89. The van der Waals surface area contributed by atoms with Gasteiger partial charge in [0.25, 0.3) is 0 Å². The quantitative estimate of drug-likeness (QED) is 0.845. The number of methoxy groups -OCH3 is 1. The first-order valence-electron chi connectivity index (χ1n) is 8.33. The topological polar surface area (TPSA) is 24.5 Å². The first-order valence-corrected chi connectivity index (χ1v) is 8.33. The summed E-state index contributed by atoms with van der Waals surface area (Å²) in [5.41, 5.74) is 0. The number of nitrogens with zero attached hydrogens (tertiary/aromatic N) is 1. The molecule has 3 fully saturated rings. The Kier molecular flexibility index (Phi) is 4.45. The zero-order valence-electron chi connectivity index (χ0n) is 12.6. The third-order valence-corrected chi connectivity index (χ3v) is 5.56. The molecule has 4 atom stereocenters. The van der Waals surface area contributed by atoms with E-state index in [-0.39, 0.29) is 0 Å². The molecule has 1 aliphatic heterocycles. The fraction of sp³-hybridized carbons (Fsp3) is 1.00. The maximum atomic E-state index is 5.63. The molecule has 3 aliphatic rings. The molecule has 2 saturated carbocycles. The van der Waals surface area contributed by atoms with Crippen LogP contribution >= 0.6 is 0 Å². The molecule has 0 aromatic carbocycles. The minimum Gasteiger partial charge on any atom is -0.381 e. The number of piperazine rings is 1. The van der Waals surface area contributed by atoms with Crippen LogP contribution in [0, 0.1) is 5.92 Å². The summed E-state index contributed by atoms with van der Waals surface area (Å²) in [6.45, 7) is 4.82. The molecule has 19 heavy (non-hydrogen) atoms. The molecule has 0 spiro atoms. The third-order valence-electron chi connectivity index (χ3n) is 5.56. The van der Waals surface area contributed by atoms with Crippen LogP contribution in [0.2, 0.25) is 0 Å². The molecule has 3 heteroatoms. The molecule has 0 amide bonds. The fourth-order valence-corrected chi connectivity index (χ4v) is 4.12. The SMILES string of the molecule is CCC1CNC(C2CC2)CN1C1CCCC(OC)C1. The van der Waals surface area contributed by atoms with Crippen molar-refractivity contribution in [3.8, 4) is 0 Å². The highest BCUT2D eigenvalue weighted by Crippen LogP contribution is 2.36. The summed E-state index contributed by atoms with van der Waals surface area (Å²) < 4.78 is 5.63. The molecule has 1 heterocycles. The molecule has 0 aromatic heterocycles. The standard InChI is InChI=1S/C16H30N2O/c1-3-13-10-17-16(12-7-8-12)11-18(13)14-5-4-6-15(9-14)19-2/h12-17H,3-11H2,1-2H3. The number of nitrogens with one attached hydrogen (secondary N) is 1.